The van der Waals surface area contributed by atoms with Crippen molar-refractivity contribution in [3.05, 3.63) is 11.8 Å². The van der Waals surface area contributed by atoms with Gasteiger partial charge >= 0.3 is 0 Å². The van der Waals surface area contributed by atoms with Gasteiger partial charge in [-0.1, -0.05) is 0 Å². The zero-order valence-electron chi connectivity index (χ0n) is 8.04. The predicted octanol–water partition coefficient (Wildman–Crippen LogP) is 1.04. The van der Waals surface area contributed by atoms with Crippen molar-refractivity contribution in [2.24, 2.45) is 0 Å². The minimum Gasteiger partial charge on any atom is -0.357 e. The van der Waals surface area contributed by atoms with E-state index in [-0.39, 0.29) is 0 Å². The Morgan fingerprint density at radius 1 is 1.46 bits per heavy atom. The Hall–Kier alpha value is -1.32. The number of nitrogens with one attached hydrogen (secondary N) is 1. The maximum Gasteiger partial charge on any atom is 0.224 e. The van der Waals surface area contributed by atoms with E-state index in [1.54, 1.807) is 0 Å². The molecule has 2 heterocycles. The molecule has 1 saturated heterocycles. The first-order valence-corrected chi connectivity index (χ1v) is 4.57. The molecule has 0 saturated carbocycles. The van der Waals surface area contributed by atoms with Crippen molar-refractivity contribution in [3.63, 3.8) is 0 Å². The van der Waals surface area contributed by atoms with Crippen molar-refractivity contribution in [3.8, 4) is 0 Å². The number of hydrogen-bond acceptors (Lipinski definition) is 4. The second-order valence-electron chi connectivity index (χ2n) is 3.29. The Labute approximate surface area is 78.0 Å². The minimum atomic E-state index is 0.701. The quantitative estimate of drug-likeness (QED) is 0.734. The van der Waals surface area contributed by atoms with E-state index < -0.39 is 0 Å². The summed E-state index contributed by atoms with van der Waals surface area (Å²) >= 11 is 0. The molecule has 13 heavy (non-hydrogen) atoms. The molecule has 70 valence electrons. The Kier molecular flexibility index (Phi) is 2.04. The lowest BCUT2D eigenvalue weighted by atomic mass is 10.2. The van der Waals surface area contributed by atoms with Crippen LogP contribution in [0.2, 0.25) is 0 Å². The molecule has 0 spiro atoms. The molecule has 2 rings (SSSR count). The smallest absolute Gasteiger partial charge is 0.224 e. The number of hydrogen-bond donors (Lipinski definition) is 1. The summed E-state index contributed by atoms with van der Waals surface area (Å²) in [5.74, 6) is 1.78. The van der Waals surface area contributed by atoms with Crippen LogP contribution in [-0.4, -0.2) is 30.1 Å². The summed E-state index contributed by atoms with van der Waals surface area (Å²) in [6.45, 7) is 4.30. The highest BCUT2D eigenvalue weighted by atomic mass is 15.3. The average Bonchev–Trinajstić information content (AvgIpc) is 2.06. The SMILES string of the molecule is CNc1ncc(C)c(N2CCC2)n1. The van der Waals surface area contributed by atoms with E-state index in [0.717, 1.165) is 24.5 Å². The number of nitrogens with zero attached hydrogens (tertiary/aromatic N) is 3. The summed E-state index contributed by atoms with van der Waals surface area (Å²) in [6, 6.07) is 0. The molecule has 1 N–H and O–H groups in total. The maximum atomic E-state index is 4.42. The summed E-state index contributed by atoms with van der Waals surface area (Å²) < 4.78 is 0. The number of aryl methyl sites for hydroxylation is 1. The third-order valence-corrected chi connectivity index (χ3v) is 2.32. The molecular formula is C9H14N4. The second-order valence-corrected chi connectivity index (χ2v) is 3.29. The molecule has 0 aromatic carbocycles. The maximum absolute atomic E-state index is 4.42. The van der Waals surface area contributed by atoms with Crippen molar-refractivity contribution >= 4 is 11.8 Å². The van der Waals surface area contributed by atoms with E-state index in [1.165, 1.54) is 6.42 Å². The fraction of sp³-hybridized carbons (Fsp3) is 0.556. The van der Waals surface area contributed by atoms with Crippen LogP contribution in [0.1, 0.15) is 12.0 Å². The van der Waals surface area contributed by atoms with Crippen molar-refractivity contribution in [2.45, 2.75) is 13.3 Å². The average molecular weight is 178 g/mol. The molecule has 1 aliphatic heterocycles. The van der Waals surface area contributed by atoms with Gasteiger partial charge < -0.3 is 10.2 Å². The van der Waals surface area contributed by atoms with Crippen LogP contribution in [-0.2, 0) is 0 Å². The van der Waals surface area contributed by atoms with Crippen molar-refractivity contribution in [1.29, 1.82) is 0 Å². The minimum absolute atomic E-state index is 0.701. The van der Waals surface area contributed by atoms with Crippen molar-refractivity contribution < 1.29 is 0 Å². The summed E-state index contributed by atoms with van der Waals surface area (Å²) in [6.07, 6.45) is 3.14. The molecule has 4 heteroatoms. The Morgan fingerprint density at radius 3 is 2.77 bits per heavy atom. The molecule has 1 aromatic rings. The summed E-state index contributed by atoms with van der Waals surface area (Å²) in [4.78, 5) is 10.8. The second kappa shape index (κ2) is 3.20. The van der Waals surface area contributed by atoms with Gasteiger partial charge in [0.15, 0.2) is 0 Å². The number of aromatic nitrogens is 2. The summed E-state index contributed by atoms with van der Waals surface area (Å²) in [5, 5.41) is 2.95. The largest absolute Gasteiger partial charge is 0.357 e. The van der Waals surface area contributed by atoms with Crippen molar-refractivity contribution in [1.82, 2.24) is 9.97 Å². The van der Waals surface area contributed by atoms with Crippen LogP contribution in [0.5, 0.6) is 0 Å². The zero-order valence-corrected chi connectivity index (χ0v) is 8.04. The van der Waals surface area contributed by atoms with E-state index in [4.69, 9.17) is 0 Å². The normalized spacial score (nSPS) is 15.4. The van der Waals surface area contributed by atoms with E-state index in [1.807, 2.05) is 20.2 Å². The molecular weight excluding hydrogens is 164 g/mol. The first-order chi connectivity index (χ1) is 6.31. The molecule has 1 fully saturated rings. The van der Waals surface area contributed by atoms with Crippen LogP contribution in [0.4, 0.5) is 11.8 Å². The van der Waals surface area contributed by atoms with Gasteiger partial charge in [-0.2, -0.15) is 4.98 Å². The molecule has 0 radical (unpaired) electrons. The molecule has 0 bridgehead atoms. The lowest BCUT2D eigenvalue weighted by molar-refractivity contribution is 0.607. The van der Waals surface area contributed by atoms with Crippen LogP contribution in [0.15, 0.2) is 6.20 Å². The van der Waals surface area contributed by atoms with Gasteiger partial charge in [-0.3, -0.25) is 0 Å². The van der Waals surface area contributed by atoms with E-state index in [9.17, 15) is 0 Å². The fourth-order valence-corrected chi connectivity index (χ4v) is 1.40. The zero-order chi connectivity index (χ0) is 9.26. The lowest BCUT2D eigenvalue weighted by Gasteiger charge is -2.33. The van der Waals surface area contributed by atoms with Crippen LogP contribution in [0.25, 0.3) is 0 Å². The van der Waals surface area contributed by atoms with Gasteiger partial charge in [-0.25, -0.2) is 4.98 Å². The van der Waals surface area contributed by atoms with Crippen LogP contribution < -0.4 is 10.2 Å². The highest BCUT2D eigenvalue weighted by Crippen LogP contribution is 2.22. The molecule has 0 aliphatic carbocycles. The highest BCUT2D eigenvalue weighted by molar-refractivity contribution is 5.50. The van der Waals surface area contributed by atoms with Crippen LogP contribution in [0.3, 0.4) is 0 Å². The Bertz CT molecular complexity index is 306. The monoisotopic (exact) mass is 178 g/mol. The molecule has 0 unspecified atom stereocenters. The van der Waals surface area contributed by atoms with Gasteiger partial charge in [-0.05, 0) is 13.3 Å². The number of rotatable bonds is 2. The first kappa shape index (κ1) is 8.29. The van der Waals surface area contributed by atoms with Gasteiger partial charge in [0.2, 0.25) is 5.95 Å². The van der Waals surface area contributed by atoms with E-state index in [0.29, 0.717) is 5.95 Å². The van der Waals surface area contributed by atoms with Gasteiger partial charge in [0.05, 0.1) is 0 Å². The summed E-state index contributed by atoms with van der Waals surface area (Å²) in [7, 11) is 1.84. The van der Waals surface area contributed by atoms with Crippen LogP contribution in [0, 0.1) is 6.92 Å². The first-order valence-electron chi connectivity index (χ1n) is 4.57. The highest BCUT2D eigenvalue weighted by Gasteiger charge is 2.18. The third kappa shape index (κ3) is 1.43. The topological polar surface area (TPSA) is 41.1 Å². The molecule has 0 amide bonds. The van der Waals surface area contributed by atoms with Gasteiger partial charge in [0.25, 0.3) is 0 Å². The molecule has 1 aliphatic rings. The van der Waals surface area contributed by atoms with Crippen molar-refractivity contribution in [2.75, 3.05) is 30.4 Å². The van der Waals surface area contributed by atoms with E-state index >= 15 is 0 Å². The van der Waals surface area contributed by atoms with Gasteiger partial charge in [-0.15, -0.1) is 0 Å². The molecule has 0 atom stereocenters. The fourth-order valence-electron chi connectivity index (χ4n) is 1.40. The molecule has 4 nitrogen and oxygen atoms in total. The van der Waals surface area contributed by atoms with Crippen LogP contribution >= 0.6 is 0 Å². The molecule has 1 aromatic heterocycles. The number of anilines is 2. The predicted molar refractivity (Wildman–Crippen MR) is 53.1 cm³/mol. The van der Waals surface area contributed by atoms with Gasteiger partial charge in [0, 0.05) is 31.9 Å². The summed E-state index contributed by atoms with van der Waals surface area (Å²) in [5.41, 5.74) is 1.15. The van der Waals surface area contributed by atoms with Gasteiger partial charge in [0.1, 0.15) is 5.82 Å². The Balaban J connectivity index is 2.30. The standard InChI is InChI=1S/C9H14N4/c1-7-6-11-9(10-2)12-8(7)13-4-3-5-13/h6H,3-5H2,1-2H3,(H,10,11,12). The third-order valence-electron chi connectivity index (χ3n) is 2.32. The lowest BCUT2D eigenvalue weighted by Crippen LogP contribution is -2.38. The Morgan fingerprint density at radius 2 is 2.23 bits per heavy atom. The van der Waals surface area contributed by atoms with E-state index in [2.05, 4.69) is 20.2 Å².